The van der Waals surface area contributed by atoms with Crippen LogP contribution in [0.5, 0.6) is 0 Å². The van der Waals surface area contributed by atoms with Gasteiger partial charge in [-0.15, -0.1) is 0 Å². The largest absolute Gasteiger partial charge is 0.465 e. The van der Waals surface area contributed by atoms with Crippen molar-refractivity contribution in [2.45, 2.75) is 11.8 Å². The lowest BCUT2D eigenvalue weighted by Crippen LogP contribution is -2.04. The maximum atomic E-state index is 12.1. The van der Waals surface area contributed by atoms with Gasteiger partial charge in [0, 0.05) is 17.7 Å². The topological polar surface area (TPSA) is 104 Å². The molecule has 0 spiro atoms. The molecule has 7 nitrogen and oxygen atoms in total. The maximum absolute atomic E-state index is 12.1. The predicted molar refractivity (Wildman–Crippen MR) is 64.9 cm³/mol. The molecule has 1 aromatic carbocycles. The van der Waals surface area contributed by atoms with Crippen LogP contribution in [-0.2, 0) is 19.4 Å². The van der Waals surface area contributed by atoms with Crippen LogP contribution in [0.15, 0.2) is 28.0 Å². The second kappa shape index (κ2) is 4.16. The van der Waals surface area contributed by atoms with Crippen molar-refractivity contribution < 1.29 is 22.9 Å². The first kappa shape index (κ1) is 13.2. The molecule has 19 heavy (non-hydrogen) atoms. The summed E-state index contributed by atoms with van der Waals surface area (Å²) < 4.78 is 28.7. The van der Waals surface area contributed by atoms with Crippen LogP contribution in [0.1, 0.15) is 12.5 Å². The lowest BCUT2D eigenvalue weighted by atomic mass is 10.1. The molecule has 1 aliphatic rings. The minimum absolute atomic E-state index is 0.0765. The summed E-state index contributed by atoms with van der Waals surface area (Å²) in [5.74, 6) is -0.784. The summed E-state index contributed by atoms with van der Waals surface area (Å²) in [5, 5.41) is 10.7. The summed E-state index contributed by atoms with van der Waals surface area (Å²) in [5.41, 5.74) is -0.288. The number of esters is 1. The highest BCUT2D eigenvalue weighted by Crippen LogP contribution is 2.40. The van der Waals surface area contributed by atoms with Gasteiger partial charge in [0.1, 0.15) is 0 Å². The number of methoxy groups -OCH3 is 1. The molecule has 0 aliphatic carbocycles. The lowest BCUT2D eigenvalue weighted by molar-refractivity contribution is -0.385. The fourth-order valence-corrected chi connectivity index (χ4v) is 3.43. The monoisotopic (exact) mass is 283 g/mol. The van der Waals surface area contributed by atoms with Crippen molar-refractivity contribution >= 4 is 27.1 Å². The highest BCUT2D eigenvalue weighted by Gasteiger charge is 2.37. The number of nitro benzene ring substituents is 1. The van der Waals surface area contributed by atoms with E-state index in [9.17, 15) is 23.3 Å². The SMILES string of the molecule is COC(=O)C1=C(C)S(=O)(=O)c2cc([N+](=O)[O-])ccc21. The Labute approximate surface area is 108 Å². The molecule has 1 aromatic rings. The van der Waals surface area contributed by atoms with E-state index >= 15 is 0 Å². The van der Waals surface area contributed by atoms with E-state index in [4.69, 9.17) is 0 Å². The molecule has 0 bridgehead atoms. The highest BCUT2D eigenvalue weighted by atomic mass is 32.2. The molecular weight excluding hydrogens is 274 g/mol. The van der Waals surface area contributed by atoms with Gasteiger partial charge < -0.3 is 4.74 Å². The number of sulfone groups is 1. The second-order valence-electron chi connectivity index (χ2n) is 3.86. The van der Waals surface area contributed by atoms with Gasteiger partial charge in [0.2, 0.25) is 9.84 Å². The van der Waals surface area contributed by atoms with E-state index in [0.29, 0.717) is 0 Å². The summed E-state index contributed by atoms with van der Waals surface area (Å²) in [6.45, 7) is 1.27. The number of non-ortho nitro benzene ring substituents is 1. The Hall–Kier alpha value is -2.22. The van der Waals surface area contributed by atoms with Gasteiger partial charge in [-0.25, -0.2) is 13.2 Å². The number of fused-ring (bicyclic) bond motifs is 1. The Kier molecular flexibility index (Phi) is 2.90. The van der Waals surface area contributed by atoms with E-state index in [2.05, 4.69) is 4.74 Å². The van der Waals surface area contributed by atoms with E-state index in [1.807, 2.05) is 0 Å². The number of nitrogens with zero attached hydrogens (tertiary/aromatic N) is 1. The number of rotatable bonds is 2. The third kappa shape index (κ3) is 1.80. The molecular formula is C11H9NO6S. The van der Waals surface area contributed by atoms with Crippen LogP contribution in [0.25, 0.3) is 5.57 Å². The van der Waals surface area contributed by atoms with Crippen molar-refractivity contribution in [2.75, 3.05) is 7.11 Å². The van der Waals surface area contributed by atoms with Gasteiger partial charge in [0.25, 0.3) is 5.69 Å². The van der Waals surface area contributed by atoms with Crippen LogP contribution in [-0.4, -0.2) is 26.4 Å². The van der Waals surface area contributed by atoms with E-state index < -0.39 is 20.7 Å². The fourth-order valence-electron chi connectivity index (χ4n) is 1.90. The lowest BCUT2D eigenvalue weighted by Gasteiger charge is -2.02. The van der Waals surface area contributed by atoms with Gasteiger partial charge in [0.15, 0.2) is 0 Å². The molecule has 0 N–H and O–H groups in total. The van der Waals surface area contributed by atoms with Crippen LogP contribution in [0, 0.1) is 10.1 Å². The number of carbonyl (C=O) groups excluding carboxylic acids is 1. The first-order valence-corrected chi connectivity index (χ1v) is 6.62. The quantitative estimate of drug-likeness (QED) is 0.460. The molecule has 100 valence electrons. The molecule has 2 rings (SSSR count). The molecule has 0 saturated heterocycles. The molecule has 0 saturated carbocycles. The van der Waals surface area contributed by atoms with Gasteiger partial charge in [-0.1, -0.05) is 0 Å². The third-order valence-corrected chi connectivity index (χ3v) is 4.81. The summed E-state index contributed by atoms with van der Waals surface area (Å²) in [6.07, 6.45) is 0. The fraction of sp³-hybridized carbons (Fsp3) is 0.182. The van der Waals surface area contributed by atoms with Crippen molar-refractivity contribution in [2.24, 2.45) is 0 Å². The molecule has 0 atom stereocenters. The van der Waals surface area contributed by atoms with E-state index in [-0.39, 0.29) is 26.6 Å². The first-order chi connectivity index (χ1) is 8.80. The summed E-state index contributed by atoms with van der Waals surface area (Å²) in [4.78, 5) is 21.2. The van der Waals surface area contributed by atoms with Crippen LogP contribution in [0.3, 0.4) is 0 Å². The van der Waals surface area contributed by atoms with E-state index in [1.165, 1.54) is 13.0 Å². The van der Waals surface area contributed by atoms with Gasteiger partial charge in [0.05, 0.1) is 27.4 Å². The Morgan fingerprint density at radius 3 is 2.53 bits per heavy atom. The third-order valence-electron chi connectivity index (χ3n) is 2.88. The van der Waals surface area contributed by atoms with Gasteiger partial charge >= 0.3 is 5.97 Å². The van der Waals surface area contributed by atoms with Crippen molar-refractivity contribution in [3.05, 3.63) is 38.8 Å². The molecule has 0 aromatic heterocycles. The highest BCUT2D eigenvalue weighted by molar-refractivity contribution is 7.96. The average Bonchev–Trinajstić information content (AvgIpc) is 2.57. The van der Waals surface area contributed by atoms with Gasteiger partial charge in [-0.2, -0.15) is 0 Å². The van der Waals surface area contributed by atoms with Crippen LogP contribution >= 0.6 is 0 Å². The Balaban J connectivity index is 2.76. The molecule has 1 heterocycles. The number of hydrogen-bond acceptors (Lipinski definition) is 6. The van der Waals surface area contributed by atoms with E-state index in [0.717, 1.165) is 19.2 Å². The number of nitro groups is 1. The van der Waals surface area contributed by atoms with Crippen molar-refractivity contribution in [1.29, 1.82) is 0 Å². The van der Waals surface area contributed by atoms with Crippen LogP contribution < -0.4 is 0 Å². The Morgan fingerprint density at radius 1 is 1.37 bits per heavy atom. The maximum Gasteiger partial charge on any atom is 0.339 e. The summed E-state index contributed by atoms with van der Waals surface area (Å²) >= 11 is 0. The standard InChI is InChI=1S/C11H9NO6S/c1-6-10(11(13)18-2)8-4-3-7(12(14)15)5-9(8)19(6,16)17/h3-5H,1-2H3. The zero-order valence-corrected chi connectivity index (χ0v) is 10.9. The van der Waals surface area contributed by atoms with Gasteiger partial charge in [-0.05, 0) is 13.0 Å². The molecule has 0 fully saturated rings. The predicted octanol–water partition coefficient (Wildman–Crippen LogP) is 1.29. The summed E-state index contributed by atoms with van der Waals surface area (Å²) in [7, 11) is -2.73. The van der Waals surface area contributed by atoms with Crippen molar-refractivity contribution in [1.82, 2.24) is 0 Å². The average molecular weight is 283 g/mol. The minimum atomic E-state index is -3.87. The number of benzene rings is 1. The van der Waals surface area contributed by atoms with E-state index in [1.54, 1.807) is 0 Å². The molecule has 0 unspecified atom stereocenters. The van der Waals surface area contributed by atoms with Crippen LogP contribution in [0.2, 0.25) is 0 Å². The molecule has 1 aliphatic heterocycles. The number of ether oxygens (including phenoxy) is 1. The Bertz CT molecular complexity index is 732. The summed E-state index contributed by atoms with van der Waals surface area (Å²) in [6, 6.07) is 3.34. The molecule has 0 amide bonds. The normalized spacial score (nSPS) is 16.1. The zero-order chi connectivity index (χ0) is 14.4. The van der Waals surface area contributed by atoms with Crippen molar-refractivity contribution in [3.63, 3.8) is 0 Å². The van der Waals surface area contributed by atoms with Crippen molar-refractivity contribution in [3.8, 4) is 0 Å². The molecule has 0 radical (unpaired) electrons. The Morgan fingerprint density at radius 2 is 2.00 bits per heavy atom. The van der Waals surface area contributed by atoms with Crippen LogP contribution in [0.4, 0.5) is 5.69 Å². The zero-order valence-electron chi connectivity index (χ0n) is 10.0. The number of carbonyl (C=O) groups is 1. The number of allylic oxidation sites excluding steroid dienone is 1. The number of hydrogen-bond donors (Lipinski definition) is 0. The minimum Gasteiger partial charge on any atom is -0.465 e. The smallest absolute Gasteiger partial charge is 0.339 e. The first-order valence-electron chi connectivity index (χ1n) is 5.13. The second-order valence-corrected chi connectivity index (χ2v) is 5.92. The molecule has 8 heteroatoms. The van der Waals surface area contributed by atoms with Gasteiger partial charge in [-0.3, -0.25) is 10.1 Å².